The van der Waals surface area contributed by atoms with Crippen LogP contribution in [-0.4, -0.2) is 38.8 Å². The summed E-state index contributed by atoms with van der Waals surface area (Å²) in [6, 6.07) is 12.8. The highest BCUT2D eigenvalue weighted by molar-refractivity contribution is 5.97. The molecule has 0 unspecified atom stereocenters. The van der Waals surface area contributed by atoms with Gasteiger partial charge in [-0.25, -0.2) is 0 Å². The van der Waals surface area contributed by atoms with Gasteiger partial charge in [-0.2, -0.15) is 0 Å². The largest absolute Gasteiger partial charge is 0.496 e. The van der Waals surface area contributed by atoms with E-state index >= 15 is 0 Å². The van der Waals surface area contributed by atoms with Gasteiger partial charge in [0.1, 0.15) is 12.3 Å². The van der Waals surface area contributed by atoms with Crippen LogP contribution in [0.1, 0.15) is 12.5 Å². The van der Waals surface area contributed by atoms with Gasteiger partial charge in [0, 0.05) is 25.2 Å². The van der Waals surface area contributed by atoms with Crippen molar-refractivity contribution < 1.29 is 23.8 Å². The van der Waals surface area contributed by atoms with Crippen molar-refractivity contribution >= 4 is 17.5 Å². The average Bonchev–Trinajstić information content (AvgIpc) is 3.14. The minimum Gasteiger partial charge on any atom is -0.496 e. The quantitative estimate of drug-likeness (QED) is 0.808. The lowest BCUT2D eigenvalue weighted by Crippen LogP contribution is -2.40. The van der Waals surface area contributed by atoms with Crippen molar-refractivity contribution in [3.05, 3.63) is 48.0 Å². The standard InChI is InChI=1S/C20H22N2O5/c1-14(23)22(16-7-8-18-19(11-16)27-13-26-18)12-20(24)21-10-9-15-5-3-4-6-17(15)25-2/h3-8,11H,9-10,12-13H2,1-2H3,(H,21,24). The number of benzene rings is 2. The Morgan fingerprint density at radius 1 is 1.15 bits per heavy atom. The number of hydrogen-bond acceptors (Lipinski definition) is 5. The molecule has 1 aliphatic heterocycles. The molecule has 0 atom stereocenters. The number of nitrogens with zero attached hydrogens (tertiary/aromatic N) is 1. The highest BCUT2D eigenvalue weighted by Crippen LogP contribution is 2.35. The first-order valence-corrected chi connectivity index (χ1v) is 8.65. The summed E-state index contributed by atoms with van der Waals surface area (Å²) in [7, 11) is 1.62. The molecule has 0 spiro atoms. The van der Waals surface area contributed by atoms with E-state index in [1.165, 1.54) is 11.8 Å². The number of fused-ring (bicyclic) bond motifs is 1. The summed E-state index contributed by atoms with van der Waals surface area (Å²) in [6.07, 6.45) is 0.639. The van der Waals surface area contributed by atoms with Crippen molar-refractivity contribution in [1.82, 2.24) is 5.32 Å². The van der Waals surface area contributed by atoms with Gasteiger partial charge >= 0.3 is 0 Å². The van der Waals surface area contributed by atoms with Crippen molar-refractivity contribution in [3.8, 4) is 17.2 Å². The molecule has 2 amide bonds. The Balaban J connectivity index is 1.58. The fourth-order valence-corrected chi connectivity index (χ4v) is 2.88. The normalized spacial score (nSPS) is 11.8. The second-order valence-electron chi connectivity index (χ2n) is 6.05. The van der Waals surface area contributed by atoms with Gasteiger partial charge in [-0.15, -0.1) is 0 Å². The second-order valence-corrected chi connectivity index (χ2v) is 6.05. The van der Waals surface area contributed by atoms with E-state index in [2.05, 4.69) is 5.32 Å². The summed E-state index contributed by atoms with van der Waals surface area (Å²) < 4.78 is 15.9. The third-order valence-corrected chi connectivity index (χ3v) is 4.26. The van der Waals surface area contributed by atoms with Crippen LogP contribution in [0.3, 0.4) is 0 Å². The molecule has 0 aromatic heterocycles. The van der Waals surface area contributed by atoms with Crippen LogP contribution in [-0.2, 0) is 16.0 Å². The van der Waals surface area contributed by atoms with Crippen molar-refractivity contribution in [1.29, 1.82) is 0 Å². The van der Waals surface area contributed by atoms with Crippen molar-refractivity contribution in [3.63, 3.8) is 0 Å². The highest BCUT2D eigenvalue weighted by Gasteiger charge is 2.20. The van der Waals surface area contributed by atoms with Crippen molar-refractivity contribution in [2.24, 2.45) is 0 Å². The van der Waals surface area contributed by atoms with Crippen LogP contribution in [0, 0.1) is 0 Å². The number of methoxy groups -OCH3 is 1. The lowest BCUT2D eigenvalue weighted by molar-refractivity contribution is -0.123. The van der Waals surface area contributed by atoms with Gasteiger partial charge in [-0.3, -0.25) is 9.59 Å². The number of hydrogen-bond donors (Lipinski definition) is 1. The zero-order chi connectivity index (χ0) is 19.2. The zero-order valence-corrected chi connectivity index (χ0v) is 15.4. The molecule has 1 aliphatic rings. The Morgan fingerprint density at radius 3 is 2.70 bits per heavy atom. The molecular weight excluding hydrogens is 348 g/mol. The number of nitrogens with one attached hydrogen (secondary N) is 1. The zero-order valence-electron chi connectivity index (χ0n) is 15.4. The number of carbonyl (C=O) groups excluding carboxylic acids is 2. The van der Waals surface area contributed by atoms with Gasteiger partial charge in [0.2, 0.25) is 18.6 Å². The average molecular weight is 370 g/mol. The monoisotopic (exact) mass is 370 g/mol. The van der Waals surface area contributed by atoms with E-state index in [-0.39, 0.29) is 25.2 Å². The lowest BCUT2D eigenvalue weighted by atomic mass is 10.1. The molecular formula is C20H22N2O5. The predicted octanol–water partition coefficient (Wildman–Crippen LogP) is 2.14. The third kappa shape index (κ3) is 4.49. The van der Waals surface area contributed by atoms with Crippen LogP contribution in [0.15, 0.2) is 42.5 Å². The molecule has 0 fully saturated rings. The molecule has 2 aromatic rings. The van der Waals surface area contributed by atoms with Gasteiger partial charge in [-0.1, -0.05) is 18.2 Å². The van der Waals surface area contributed by atoms with Crippen LogP contribution in [0.5, 0.6) is 17.2 Å². The van der Waals surface area contributed by atoms with Crippen molar-refractivity contribution in [2.75, 3.05) is 31.9 Å². The minimum absolute atomic E-state index is 0.0685. The van der Waals surface area contributed by atoms with E-state index in [4.69, 9.17) is 14.2 Å². The fraction of sp³-hybridized carbons (Fsp3) is 0.300. The van der Waals surface area contributed by atoms with Crippen LogP contribution in [0.2, 0.25) is 0 Å². The molecule has 0 saturated carbocycles. The Labute approximate surface area is 157 Å². The van der Waals surface area contributed by atoms with E-state index in [0.717, 1.165) is 11.3 Å². The van der Waals surface area contributed by atoms with E-state index in [9.17, 15) is 9.59 Å². The summed E-state index contributed by atoms with van der Waals surface area (Å²) in [5, 5.41) is 2.85. The Kier molecular flexibility index (Phi) is 5.80. The van der Waals surface area contributed by atoms with Crippen LogP contribution >= 0.6 is 0 Å². The molecule has 27 heavy (non-hydrogen) atoms. The summed E-state index contributed by atoms with van der Waals surface area (Å²) in [6.45, 7) is 1.96. The molecule has 0 saturated heterocycles. The molecule has 2 aromatic carbocycles. The van der Waals surface area contributed by atoms with Gasteiger partial charge in [0.05, 0.1) is 7.11 Å². The first kappa shape index (κ1) is 18.6. The summed E-state index contributed by atoms with van der Waals surface area (Å²) in [4.78, 5) is 25.7. The van der Waals surface area contributed by atoms with Gasteiger partial charge in [0.25, 0.3) is 0 Å². The predicted molar refractivity (Wildman–Crippen MR) is 100 cm³/mol. The maximum Gasteiger partial charge on any atom is 0.240 e. The molecule has 1 N–H and O–H groups in total. The summed E-state index contributed by atoms with van der Waals surface area (Å²) in [5.74, 6) is 1.52. The van der Waals surface area contributed by atoms with E-state index in [1.807, 2.05) is 24.3 Å². The Morgan fingerprint density at radius 2 is 1.93 bits per heavy atom. The topological polar surface area (TPSA) is 77.1 Å². The first-order chi connectivity index (χ1) is 13.1. The van der Waals surface area contributed by atoms with Crippen LogP contribution in [0.25, 0.3) is 0 Å². The molecule has 0 bridgehead atoms. The minimum atomic E-state index is -0.238. The number of rotatable bonds is 7. The first-order valence-electron chi connectivity index (χ1n) is 8.65. The molecule has 1 heterocycles. The van der Waals surface area contributed by atoms with Gasteiger partial charge < -0.3 is 24.4 Å². The molecule has 7 heteroatoms. The van der Waals surface area contributed by atoms with E-state index in [0.29, 0.717) is 30.2 Å². The second kappa shape index (κ2) is 8.44. The molecule has 3 rings (SSSR count). The molecule has 142 valence electrons. The number of amides is 2. The lowest BCUT2D eigenvalue weighted by Gasteiger charge is -2.21. The maximum absolute atomic E-state index is 12.3. The van der Waals surface area contributed by atoms with Gasteiger partial charge in [0.15, 0.2) is 11.5 Å². The Bertz CT molecular complexity index is 837. The molecule has 0 radical (unpaired) electrons. The number of para-hydroxylation sites is 1. The van der Waals surface area contributed by atoms with Crippen LogP contribution in [0.4, 0.5) is 5.69 Å². The third-order valence-electron chi connectivity index (χ3n) is 4.26. The molecule has 7 nitrogen and oxygen atoms in total. The molecule has 0 aliphatic carbocycles. The smallest absolute Gasteiger partial charge is 0.240 e. The number of anilines is 1. The highest BCUT2D eigenvalue weighted by atomic mass is 16.7. The van der Waals surface area contributed by atoms with Gasteiger partial charge in [-0.05, 0) is 30.2 Å². The maximum atomic E-state index is 12.3. The SMILES string of the molecule is COc1ccccc1CCNC(=O)CN(C(C)=O)c1ccc2c(c1)OCO2. The van der Waals surface area contributed by atoms with E-state index < -0.39 is 0 Å². The summed E-state index contributed by atoms with van der Waals surface area (Å²) in [5.41, 5.74) is 1.60. The number of ether oxygens (including phenoxy) is 3. The van der Waals surface area contributed by atoms with E-state index in [1.54, 1.807) is 25.3 Å². The number of carbonyl (C=O) groups is 2. The van der Waals surface area contributed by atoms with Crippen molar-refractivity contribution in [2.45, 2.75) is 13.3 Å². The Hall–Kier alpha value is -3.22. The fourth-order valence-electron chi connectivity index (χ4n) is 2.88. The summed E-state index contributed by atoms with van der Waals surface area (Å²) >= 11 is 0. The van der Waals surface area contributed by atoms with Crippen LogP contribution < -0.4 is 24.4 Å².